The zero-order valence-corrected chi connectivity index (χ0v) is 18.1. The van der Waals surface area contributed by atoms with Gasteiger partial charge in [0.1, 0.15) is 11.7 Å². The predicted molar refractivity (Wildman–Crippen MR) is 131 cm³/mol. The summed E-state index contributed by atoms with van der Waals surface area (Å²) < 4.78 is 0. The molecule has 0 spiro atoms. The van der Waals surface area contributed by atoms with Crippen molar-refractivity contribution in [2.75, 3.05) is 0 Å². The lowest BCUT2D eigenvalue weighted by Gasteiger charge is -2.16. The molecule has 0 aliphatic carbocycles. The summed E-state index contributed by atoms with van der Waals surface area (Å²) >= 11 is 0. The number of benzene rings is 4. The van der Waals surface area contributed by atoms with Crippen molar-refractivity contribution < 1.29 is 4.79 Å². The summed E-state index contributed by atoms with van der Waals surface area (Å²) in [5, 5.41) is 9.31. The van der Waals surface area contributed by atoms with Gasteiger partial charge in [0, 0.05) is 17.5 Å². The Kier molecular flexibility index (Phi) is 5.89. The summed E-state index contributed by atoms with van der Waals surface area (Å²) in [5.74, 6) is 0.0653. The molecule has 5 rings (SSSR count). The van der Waals surface area contributed by atoms with E-state index in [2.05, 4.69) is 41.5 Å². The van der Waals surface area contributed by atoms with E-state index >= 15 is 0 Å². The van der Waals surface area contributed by atoms with Gasteiger partial charge in [-0.05, 0) is 16.7 Å². The molecule has 0 aliphatic heterocycles. The number of hydrogen-bond acceptors (Lipinski definition) is 3. The number of aromatic nitrogens is 3. The normalized spacial score (nSPS) is 11.8. The van der Waals surface area contributed by atoms with Crippen molar-refractivity contribution in [1.29, 1.82) is 0 Å². The molecule has 0 aliphatic rings. The van der Waals surface area contributed by atoms with Crippen molar-refractivity contribution in [3.63, 3.8) is 0 Å². The molecule has 1 unspecified atom stereocenters. The van der Waals surface area contributed by atoms with Gasteiger partial charge in [-0.25, -0.2) is 0 Å². The van der Waals surface area contributed by atoms with Gasteiger partial charge in [0.15, 0.2) is 5.78 Å². The van der Waals surface area contributed by atoms with E-state index < -0.39 is 0 Å². The fourth-order valence-electron chi connectivity index (χ4n) is 3.95. The van der Waals surface area contributed by atoms with Crippen molar-refractivity contribution in [3.05, 3.63) is 133 Å². The highest BCUT2D eigenvalue weighted by atomic mass is 16.1. The molecule has 4 aromatic carbocycles. The first-order valence-electron chi connectivity index (χ1n) is 11.0. The van der Waals surface area contributed by atoms with Crippen LogP contribution in [0.15, 0.2) is 121 Å². The number of hydrogen-bond donors (Lipinski definition) is 0. The molecule has 1 aromatic heterocycles. The summed E-state index contributed by atoms with van der Waals surface area (Å²) in [6.45, 7) is 0. The molecule has 0 amide bonds. The lowest BCUT2D eigenvalue weighted by atomic mass is 9.98. The molecule has 160 valence electrons. The van der Waals surface area contributed by atoms with Crippen LogP contribution >= 0.6 is 0 Å². The standard InChI is InChI=1S/C29H23N3O/c33-29(26-14-8-3-9-15-26)20-28(25-12-6-2-7-13-25)32-30-21-27(31-32)24-18-16-23(17-19-24)22-10-4-1-5-11-22/h1-19,21,28H,20H2. The predicted octanol–water partition coefficient (Wildman–Crippen LogP) is 6.47. The Balaban J connectivity index is 1.43. The number of carbonyl (C=O) groups excluding carboxylic acids is 1. The van der Waals surface area contributed by atoms with Crippen LogP contribution in [-0.2, 0) is 0 Å². The first kappa shape index (κ1) is 20.6. The molecule has 0 radical (unpaired) electrons. The molecular formula is C29H23N3O. The van der Waals surface area contributed by atoms with E-state index in [-0.39, 0.29) is 18.2 Å². The third-order valence-corrected chi connectivity index (χ3v) is 5.73. The Morgan fingerprint density at radius 2 is 1.21 bits per heavy atom. The average Bonchev–Trinajstić information content (AvgIpc) is 3.39. The molecular weight excluding hydrogens is 406 g/mol. The number of rotatable bonds is 7. The van der Waals surface area contributed by atoms with E-state index in [0.29, 0.717) is 5.56 Å². The van der Waals surface area contributed by atoms with Crippen molar-refractivity contribution in [2.24, 2.45) is 0 Å². The topological polar surface area (TPSA) is 47.8 Å². The van der Waals surface area contributed by atoms with Crippen molar-refractivity contribution in [3.8, 4) is 22.4 Å². The van der Waals surface area contributed by atoms with Crippen molar-refractivity contribution >= 4 is 5.78 Å². The summed E-state index contributed by atoms with van der Waals surface area (Å²) in [6.07, 6.45) is 2.05. The average molecular weight is 430 g/mol. The molecule has 0 fully saturated rings. The maximum absolute atomic E-state index is 13.0. The third-order valence-electron chi connectivity index (χ3n) is 5.73. The molecule has 1 heterocycles. The smallest absolute Gasteiger partial charge is 0.165 e. The summed E-state index contributed by atoms with van der Waals surface area (Å²) in [4.78, 5) is 14.6. The number of carbonyl (C=O) groups is 1. The van der Waals surface area contributed by atoms with E-state index in [1.165, 1.54) is 5.56 Å². The van der Waals surface area contributed by atoms with Crippen LogP contribution < -0.4 is 0 Å². The molecule has 0 saturated carbocycles. The molecule has 4 nitrogen and oxygen atoms in total. The Bertz CT molecular complexity index is 1330. The van der Waals surface area contributed by atoms with Crippen molar-refractivity contribution in [2.45, 2.75) is 12.5 Å². The highest BCUT2D eigenvalue weighted by Crippen LogP contribution is 2.26. The number of nitrogens with zero attached hydrogens (tertiary/aromatic N) is 3. The zero-order valence-electron chi connectivity index (χ0n) is 18.1. The van der Waals surface area contributed by atoms with Gasteiger partial charge in [0.05, 0.1) is 6.20 Å². The lowest BCUT2D eigenvalue weighted by Crippen LogP contribution is -2.18. The first-order valence-corrected chi connectivity index (χ1v) is 11.0. The van der Waals surface area contributed by atoms with E-state index in [4.69, 9.17) is 5.10 Å². The van der Waals surface area contributed by atoms with Crippen LogP contribution in [0.5, 0.6) is 0 Å². The Hall–Kier alpha value is -4.31. The van der Waals surface area contributed by atoms with Gasteiger partial charge in [-0.1, -0.05) is 115 Å². The van der Waals surface area contributed by atoms with Gasteiger partial charge in [0.25, 0.3) is 0 Å². The minimum atomic E-state index is -0.281. The summed E-state index contributed by atoms with van der Waals surface area (Å²) in [6, 6.07) is 37.6. The van der Waals surface area contributed by atoms with Gasteiger partial charge in [-0.2, -0.15) is 15.0 Å². The molecule has 0 bridgehead atoms. The highest BCUT2D eigenvalue weighted by molar-refractivity contribution is 5.96. The largest absolute Gasteiger partial charge is 0.294 e. The Labute approximate surface area is 193 Å². The number of Topliss-reactive ketones (excluding diaryl/α,β-unsaturated/α-hetero) is 1. The maximum atomic E-state index is 13.0. The summed E-state index contributed by atoms with van der Waals surface area (Å²) in [7, 11) is 0. The second-order valence-electron chi connectivity index (χ2n) is 7.91. The monoisotopic (exact) mass is 429 g/mol. The third kappa shape index (κ3) is 4.65. The Morgan fingerprint density at radius 1 is 0.667 bits per heavy atom. The molecule has 1 atom stereocenters. The Morgan fingerprint density at radius 3 is 1.88 bits per heavy atom. The van der Waals surface area contributed by atoms with Gasteiger partial charge < -0.3 is 0 Å². The fourth-order valence-corrected chi connectivity index (χ4v) is 3.95. The second-order valence-corrected chi connectivity index (χ2v) is 7.91. The van der Waals surface area contributed by atoms with E-state index in [1.807, 2.05) is 78.9 Å². The minimum absolute atomic E-state index is 0.0653. The first-order chi connectivity index (χ1) is 16.3. The minimum Gasteiger partial charge on any atom is -0.294 e. The molecule has 0 N–H and O–H groups in total. The lowest BCUT2D eigenvalue weighted by molar-refractivity contribution is 0.0964. The van der Waals surface area contributed by atoms with Crippen LogP contribution in [0.3, 0.4) is 0 Å². The molecule has 4 heteroatoms. The second kappa shape index (κ2) is 9.45. The van der Waals surface area contributed by atoms with Crippen LogP contribution in [0, 0.1) is 0 Å². The van der Waals surface area contributed by atoms with E-state index in [9.17, 15) is 4.79 Å². The molecule has 0 saturated heterocycles. The maximum Gasteiger partial charge on any atom is 0.165 e. The fraction of sp³-hybridized carbons (Fsp3) is 0.0690. The summed E-state index contributed by atoms with van der Waals surface area (Å²) in [5.41, 5.74) is 5.80. The zero-order chi connectivity index (χ0) is 22.5. The van der Waals surface area contributed by atoms with Crippen LogP contribution in [0.4, 0.5) is 0 Å². The van der Waals surface area contributed by atoms with Crippen LogP contribution in [0.2, 0.25) is 0 Å². The van der Waals surface area contributed by atoms with Crippen LogP contribution in [-0.4, -0.2) is 20.8 Å². The van der Waals surface area contributed by atoms with E-state index in [0.717, 1.165) is 22.4 Å². The highest BCUT2D eigenvalue weighted by Gasteiger charge is 2.21. The van der Waals surface area contributed by atoms with Gasteiger partial charge in [0.2, 0.25) is 0 Å². The quantitative estimate of drug-likeness (QED) is 0.278. The van der Waals surface area contributed by atoms with Gasteiger partial charge in [-0.15, -0.1) is 0 Å². The van der Waals surface area contributed by atoms with Gasteiger partial charge in [-0.3, -0.25) is 4.79 Å². The van der Waals surface area contributed by atoms with Gasteiger partial charge >= 0.3 is 0 Å². The SMILES string of the molecule is O=C(CC(c1ccccc1)n1ncc(-c2ccc(-c3ccccc3)cc2)n1)c1ccccc1. The van der Waals surface area contributed by atoms with Crippen molar-refractivity contribution in [1.82, 2.24) is 15.0 Å². The van der Waals surface area contributed by atoms with Crippen LogP contribution in [0.25, 0.3) is 22.4 Å². The van der Waals surface area contributed by atoms with Crippen LogP contribution in [0.1, 0.15) is 28.4 Å². The molecule has 33 heavy (non-hydrogen) atoms. The van der Waals surface area contributed by atoms with E-state index in [1.54, 1.807) is 11.0 Å². The number of ketones is 1. The molecule has 5 aromatic rings.